The number of hydrogen-bond donors (Lipinski definition) is 0. The Kier molecular flexibility index (Phi) is 9.05. The Morgan fingerprint density at radius 3 is 1.89 bits per heavy atom. The second-order valence-electron chi connectivity index (χ2n) is 9.99. The summed E-state index contributed by atoms with van der Waals surface area (Å²) < 4.78 is 24.4. The Bertz CT molecular complexity index is 958. The second kappa shape index (κ2) is 11.8. The van der Waals surface area contributed by atoms with E-state index in [-0.39, 0.29) is 18.6 Å². The Balaban J connectivity index is 1.94. The Labute approximate surface area is 208 Å². The number of rotatable bonds is 7. The highest BCUT2D eigenvalue weighted by Crippen LogP contribution is 2.34. The molecule has 2 aromatic rings. The maximum Gasteiger partial charge on any atom is 0.417 e. The van der Waals surface area contributed by atoms with Crippen molar-refractivity contribution in [2.45, 2.75) is 84.9 Å². The summed E-state index contributed by atoms with van der Waals surface area (Å²) in [6.07, 6.45) is -2.39. The van der Waals surface area contributed by atoms with E-state index in [1.165, 1.54) is 6.92 Å². The van der Waals surface area contributed by atoms with E-state index in [0.717, 1.165) is 16.0 Å². The van der Waals surface area contributed by atoms with Crippen molar-refractivity contribution in [2.75, 3.05) is 0 Å². The summed E-state index contributed by atoms with van der Waals surface area (Å²) in [5.41, 5.74) is 1.17. The van der Waals surface area contributed by atoms with E-state index in [2.05, 4.69) is 0 Å². The van der Waals surface area contributed by atoms with Gasteiger partial charge in [0.15, 0.2) is 6.29 Å². The highest BCUT2D eigenvalue weighted by Gasteiger charge is 2.50. The molecule has 35 heavy (non-hydrogen) atoms. The SMILES string of the molecule is CC(=O)N(C(=O)OC(C)(C)C)[C@@H]1C(OCc2ccccc2)O[C@H](C)[C@H](C)[C@H]1OCc1ccccc1. The number of imide groups is 1. The molecule has 0 aliphatic carbocycles. The number of nitrogens with zero attached hydrogens (tertiary/aromatic N) is 1. The Morgan fingerprint density at radius 2 is 1.40 bits per heavy atom. The van der Waals surface area contributed by atoms with Crippen molar-refractivity contribution in [3.8, 4) is 0 Å². The van der Waals surface area contributed by atoms with Crippen molar-refractivity contribution in [3.63, 3.8) is 0 Å². The van der Waals surface area contributed by atoms with Gasteiger partial charge in [0, 0.05) is 12.8 Å². The van der Waals surface area contributed by atoms with E-state index in [4.69, 9.17) is 18.9 Å². The zero-order valence-corrected chi connectivity index (χ0v) is 21.5. The fraction of sp³-hybridized carbons (Fsp3) is 0.500. The summed E-state index contributed by atoms with van der Waals surface area (Å²) in [5.74, 6) is -0.583. The quantitative estimate of drug-likeness (QED) is 0.531. The first-order chi connectivity index (χ1) is 16.6. The molecule has 0 spiro atoms. The molecule has 0 saturated carbocycles. The fourth-order valence-corrected chi connectivity index (χ4v) is 4.10. The molecule has 3 rings (SSSR count). The van der Waals surface area contributed by atoms with Gasteiger partial charge in [0.25, 0.3) is 0 Å². The molecule has 5 atom stereocenters. The lowest BCUT2D eigenvalue weighted by molar-refractivity contribution is -0.272. The third kappa shape index (κ3) is 7.37. The fourth-order valence-electron chi connectivity index (χ4n) is 4.10. The number of hydrogen-bond acceptors (Lipinski definition) is 6. The van der Waals surface area contributed by atoms with Gasteiger partial charge in [-0.3, -0.25) is 4.79 Å². The molecule has 1 unspecified atom stereocenters. The van der Waals surface area contributed by atoms with Crippen molar-refractivity contribution in [1.29, 1.82) is 0 Å². The minimum absolute atomic E-state index is 0.121. The van der Waals surface area contributed by atoms with Gasteiger partial charge in [-0.25, -0.2) is 9.69 Å². The number of ether oxygens (including phenoxy) is 4. The number of benzene rings is 2. The predicted molar refractivity (Wildman–Crippen MR) is 132 cm³/mol. The van der Waals surface area contributed by atoms with Gasteiger partial charge in [-0.15, -0.1) is 0 Å². The predicted octanol–water partition coefficient (Wildman–Crippen LogP) is 5.32. The van der Waals surface area contributed by atoms with Crippen molar-refractivity contribution in [1.82, 2.24) is 4.90 Å². The maximum absolute atomic E-state index is 13.2. The normalized spacial score (nSPS) is 24.6. The van der Waals surface area contributed by atoms with Crippen molar-refractivity contribution in [2.24, 2.45) is 5.92 Å². The van der Waals surface area contributed by atoms with Crippen molar-refractivity contribution in [3.05, 3.63) is 71.8 Å². The summed E-state index contributed by atoms with van der Waals surface area (Å²) in [6, 6.07) is 18.6. The molecule has 2 aromatic carbocycles. The van der Waals surface area contributed by atoms with Gasteiger partial charge < -0.3 is 18.9 Å². The van der Waals surface area contributed by atoms with Gasteiger partial charge in [0.2, 0.25) is 5.91 Å². The molecular formula is C28H37NO6. The third-order valence-corrected chi connectivity index (χ3v) is 5.99. The average molecular weight is 484 g/mol. The molecule has 0 aromatic heterocycles. The van der Waals surface area contributed by atoms with E-state index in [0.29, 0.717) is 6.61 Å². The van der Waals surface area contributed by atoms with Crippen LogP contribution in [0.4, 0.5) is 4.79 Å². The first-order valence-electron chi connectivity index (χ1n) is 12.1. The van der Waals surface area contributed by atoms with Crippen LogP contribution in [0.2, 0.25) is 0 Å². The first kappa shape index (κ1) is 26.9. The van der Waals surface area contributed by atoms with Gasteiger partial charge in [0.05, 0.1) is 25.4 Å². The largest absolute Gasteiger partial charge is 0.443 e. The molecular weight excluding hydrogens is 446 g/mol. The van der Waals surface area contributed by atoms with Crippen LogP contribution in [0.3, 0.4) is 0 Å². The number of carbonyl (C=O) groups excluding carboxylic acids is 2. The molecule has 1 fully saturated rings. The lowest BCUT2D eigenvalue weighted by atomic mass is 9.88. The van der Waals surface area contributed by atoms with Crippen LogP contribution in [0, 0.1) is 5.92 Å². The Hall–Kier alpha value is -2.74. The third-order valence-electron chi connectivity index (χ3n) is 5.99. The second-order valence-corrected chi connectivity index (χ2v) is 9.99. The van der Waals surface area contributed by atoms with Crippen LogP contribution in [0.15, 0.2) is 60.7 Å². The molecule has 0 N–H and O–H groups in total. The molecule has 1 saturated heterocycles. The summed E-state index contributed by atoms with van der Waals surface area (Å²) in [7, 11) is 0. The van der Waals surface area contributed by atoms with E-state index >= 15 is 0 Å². The molecule has 2 amide bonds. The number of amides is 2. The minimum atomic E-state index is -0.890. The highest BCUT2D eigenvalue weighted by molar-refractivity contribution is 5.91. The molecule has 1 aliphatic rings. The minimum Gasteiger partial charge on any atom is -0.443 e. The molecule has 1 aliphatic heterocycles. The van der Waals surface area contributed by atoms with Crippen LogP contribution in [-0.4, -0.2) is 47.0 Å². The molecule has 7 heteroatoms. The molecule has 7 nitrogen and oxygen atoms in total. The van der Waals surface area contributed by atoms with Crippen LogP contribution in [0.25, 0.3) is 0 Å². The van der Waals surface area contributed by atoms with Crippen molar-refractivity contribution >= 4 is 12.0 Å². The smallest absolute Gasteiger partial charge is 0.417 e. The van der Waals surface area contributed by atoms with Crippen LogP contribution < -0.4 is 0 Å². The van der Waals surface area contributed by atoms with Gasteiger partial charge in [-0.2, -0.15) is 0 Å². The Morgan fingerprint density at radius 1 is 0.886 bits per heavy atom. The average Bonchev–Trinajstić information content (AvgIpc) is 2.80. The maximum atomic E-state index is 13.2. The zero-order chi connectivity index (χ0) is 25.6. The van der Waals surface area contributed by atoms with E-state index < -0.39 is 36.0 Å². The van der Waals surface area contributed by atoms with E-state index in [1.54, 1.807) is 20.8 Å². The van der Waals surface area contributed by atoms with Crippen LogP contribution in [0.1, 0.15) is 52.7 Å². The monoisotopic (exact) mass is 483 g/mol. The van der Waals surface area contributed by atoms with Crippen LogP contribution in [-0.2, 0) is 37.0 Å². The molecule has 190 valence electrons. The summed E-state index contributed by atoms with van der Waals surface area (Å²) in [4.78, 5) is 27.2. The van der Waals surface area contributed by atoms with Gasteiger partial charge in [0.1, 0.15) is 11.6 Å². The van der Waals surface area contributed by atoms with E-state index in [9.17, 15) is 9.59 Å². The van der Waals surface area contributed by atoms with Crippen molar-refractivity contribution < 1.29 is 28.5 Å². The van der Waals surface area contributed by atoms with Gasteiger partial charge in [-0.05, 0) is 38.8 Å². The summed E-state index contributed by atoms with van der Waals surface area (Å²) >= 11 is 0. The standard InChI is InChI=1S/C28H37NO6/c1-19-20(2)34-26(33-18-23-15-11-8-12-16-23)24(25(19)32-17-22-13-9-7-10-14-22)29(21(3)30)27(31)35-28(4,5)6/h7-16,19-20,24-26H,17-18H2,1-6H3/t19-,20+,24-,25+,26?/m0/s1. The number of carbonyl (C=O) groups is 2. The lowest BCUT2D eigenvalue weighted by Gasteiger charge is -2.47. The first-order valence-corrected chi connectivity index (χ1v) is 12.1. The van der Waals surface area contributed by atoms with Gasteiger partial charge >= 0.3 is 6.09 Å². The van der Waals surface area contributed by atoms with Gasteiger partial charge in [-0.1, -0.05) is 67.6 Å². The summed E-state index contributed by atoms with van der Waals surface area (Å²) in [5, 5.41) is 0. The lowest BCUT2D eigenvalue weighted by Crippen LogP contribution is -2.64. The van der Waals surface area contributed by atoms with Crippen LogP contribution in [0.5, 0.6) is 0 Å². The topological polar surface area (TPSA) is 74.3 Å². The summed E-state index contributed by atoms with van der Waals surface area (Å²) in [6.45, 7) is 11.2. The molecule has 1 heterocycles. The molecule has 0 radical (unpaired) electrons. The zero-order valence-electron chi connectivity index (χ0n) is 21.5. The molecule has 0 bridgehead atoms. The van der Waals surface area contributed by atoms with E-state index in [1.807, 2.05) is 74.5 Å². The van der Waals surface area contributed by atoms with Crippen LogP contribution >= 0.6 is 0 Å². The highest BCUT2D eigenvalue weighted by atomic mass is 16.7.